The van der Waals surface area contributed by atoms with Crippen LogP contribution in [-0.2, 0) is 14.8 Å². The van der Waals surface area contributed by atoms with Gasteiger partial charge in [-0.2, -0.15) is 4.31 Å². The lowest BCUT2D eigenvalue weighted by atomic mass is 10.5. The number of likely N-dealkylation sites (N-methyl/N-ethyl adjacent to an activating group) is 1. The van der Waals surface area contributed by atoms with Gasteiger partial charge in [-0.1, -0.05) is 5.16 Å². The molecule has 2 aromatic rings. The molecular weight excluding hydrogens is 382 g/mol. The number of nitrogens with one attached hydrogen (secondary N) is 1. The van der Waals surface area contributed by atoms with Gasteiger partial charge >= 0.3 is 0 Å². The van der Waals surface area contributed by atoms with E-state index in [9.17, 15) is 13.2 Å². The Kier molecular flexibility index (Phi) is 4.81. The van der Waals surface area contributed by atoms with E-state index >= 15 is 0 Å². The second kappa shape index (κ2) is 6.26. The zero-order valence-electron chi connectivity index (χ0n) is 11.2. The van der Waals surface area contributed by atoms with Gasteiger partial charge < -0.3 is 9.84 Å². The van der Waals surface area contributed by atoms with Crippen molar-refractivity contribution in [2.75, 3.05) is 18.9 Å². The number of hydrogen-bond acceptors (Lipinski definition) is 6. The molecule has 1 amide bonds. The summed E-state index contributed by atoms with van der Waals surface area (Å²) >= 11 is 4.29. The van der Waals surface area contributed by atoms with Crippen molar-refractivity contribution < 1.29 is 17.7 Å². The maximum atomic E-state index is 12.2. The number of anilines is 1. The smallest absolute Gasteiger partial charge is 0.252 e. The van der Waals surface area contributed by atoms with Crippen LogP contribution in [0, 0.1) is 6.92 Å². The Hall–Kier alpha value is -1.23. The van der Waals surface area contributed by atoms with E-state index in [1.807, 2.05) is 0 Å². The van der Waals surface area contributed by atoms with E-state index < -0.39 is 15.9 Å². The number of thiophene rings is 1. The molecule has 0 atom stereocenters. The number of aryl methyl sites for hydroxylation is 1. The molecule has 0 unspecified atom stereocenters. The van der Waals surface area contributed by atoms with Crippen LogP contribution in [-0.4, -0.2) is 37.4 Å². The monoisotopic (exact) mass is 393 g/mol. The highest BCUT2D eigenvalue weighted by Crippen LogP contribution is 2.27. The number of carbonyl (C=O) groups is 1. The largest absolute Gasteiger partial charge is 0.360 e. The summed E-state index contributed by atoms with van der Waals surface area (Å²) in [6.45, 7) is 1.37. The SMILES string of the molecule is Cc1cc(NC(=O)CN(C)S(=O)(=O)c2ccc(Br)s2)no1. The lowest BCUT2D eigenvalue weighted by molar-refractivity contribution is -0.116. The molecule has 0 saturated heterocycles. The molecule has 0 aliphatic heterocycles. The van der Waals surface area contributed by atoms with Gasteiger partial charge in [-0.3, -0.25) is 4.79 Å². The third-order valence-electron chi connectivity index (χ3n) is 2.47. The zero-order valence-corrected chi connectivity index (χ0v) is 14.4. The number of sulfonamides is 1. The molecule has 7 nitrogen and oxygen atoms in total. The number of carbonyl (C=O) groups excluding carboxylic acids is 1. The molecule has 0 saturated carbocycles. The molecule has 0 bridgehead atoms. The van der Waals surface area contributed by atoms with E-state index in [0.717, 1.165) is 15.6 Å². The Morgan fingerprint density at radius 3 is 2.76 bits per heavy atom. The first-order valence-electron chi connectivity index (χ1n) is 5.74. The van der Waals surface area contributed by atoms with Crippen LogP contribution in [0.2, 0.25) is 0 Å². The van der Waals surface area contributed by atoms with Crippen molar-refractivity contribution in [2.45, 2.75) is 11.1 Å². The van der Waals surface area contributed by atoms with Crippen molar-refractivity contribution >= 4 is 49.0 Å². The van der Waals surface area contributed by atoms with E-state index in [-0.39, 0.29) is 16.6 Å². The first-order chi connectivity index (χ1) is 9.79. The van der Waals surface area contributed by atoms with Gasteiger partial charge in [0.1, 0.15) is 9.97 Å². The highest BCUT2D eigenvalue weighted by Gasteiger charge is 2.24. The van der Waals surface area contributed by atoms with E-state index in [0.29, 0.717) is 9.55 Å². The van der Waals surface area contributed by atoms with Crippen molar-refractivity contribution in [1.29, 1.82) is 0 Å². The summed E-state index contributed by atoms with van der Waals surface area (Å²) in [7, 11) is -2.34. The summed E-state index contributed by atoms with van der Waals surface area (Å²) in [5, 5.41) is 6.07. The second-order valence-electron chi connectivity index (χ2n) is 4.19. The number of amides is 1. The minimum absolute atomic E-state index is 0.168. The Morgan fingerprint density at radius 2 is 2.24 bits per heavy atom. The Labute approximate surface area is 134 Å². The van der Waals surface area contributed by atoms with Crippen LogP contribution in [0.4, 0.5) is 5.82 Å². The number of nitrogens with zero attached hydrogens (tertiary/aromatic N) is 2. The van der Waals surface area contributed by atoms with Gasteiger partial charge in [0.05, 0.1) is 10.3 Å². The molecule has 2 aromatic heterocycles. The molecule has 0 aliphatic rings. The summed E-state index contributed by atoms with van der Waals surface area (Å²) in [4.78, 5) is 11.8. The molecule has 2 heterocycles. The second-order valence-corrected chi connectivity index (χ2v) is 8.93. The van der Waals surface area contributed by atoms with Crippen molar-refractivity contribution in [2.24, 2.45) is 0 Å². The maximum Gasteiger partial charge on any atom is 0.252 e. The van der Waals surface area contributed by atoms with Gasteiger partial charge in [0.15, 0.2) is 5.82 Å². The van der Waals surface area contributed by atoms with Gasteiger partial charge in [0, 0.05) is 13.1 Å². The van der Waals surface area contributed by atoms with Crippen molar-refractivity contribution in [3.8, 4) is 0 Å². The van der Waals surface area contributed by atoms with Crippen LogP contribution < -0.4 is 5.32 Å². The molecule has 0 spiro atoms. The Bertz CT molecular complexity index is 753. The number of aromatic nitrogens is 1. The molecule has 10 heteroatoms. The lowest BCUT2D eigenvalue weighted by Gasteiger charge is -2.14. The summed E-state index contributed by atoms with van der Waals surface area (Å²) in [5.74, 6) is 0.307. The van der Waals surface area contributed by atoms with Gasteiger partial charge in [0.25, 0.3) is 10.0 Å². The quantitative estimate of drug-likeness (QED) is 0.838. The van der Waals surface area contributed by atoms with E-state index in [1.165, 1.54) is 13.1 Å². The van der Waals surface area contributed by atoms with Crippen molar-refractivity contribution in [3.05, 3.63) is 27.7 Å². The van der Waals surface area contributed by atoms with E-state index in [1.54, 1.807) is 19.1 Å². The summed E-state index contributed by atoms with van der Waals surface area (Å²) in [6.07, 6.45) is 0. The Morgan fingerprint density at radius 1 is 1.52 bits per heavy atom. The predicted octanol–water partition coefficient (Wildman–Crippen LogP) is 2.07. The van der Waals surface area contributed by atoms with Crippen LogP contribution in [0.5, 0.6) is 0 Å². The van der Waals surface area contributed by atoms with Crippen LogP contribution in [0.3, 0.4) is 0 Å². The van der Waals surface area contributed by atoms with Gasteiger partial charge in [-0.25, -0.2) is 8.42 Å². The highest BCUT2D eigenvalue weighted by atomic mass is 79.9. The molecule has 2 rings (SSSR count). The summed E-state index contributed by atoms with van der Waals surface area (Å²) in [5.41, 5.74) is 0. The molecular formula is C11H12BrN3O4S2. The van der Waals surface area contributed by atoms with Crippen LogP contribution in [0.1, 0.15) is 5.76 Å². The maximum absolute atomic E-state index is 12.2. The average molecular weight is 394 g/mol. The zero-order chi connectivity index (χ0) is 15.6. The fourth-order valence-corrected chi connectivity index (χ4v) is 4.83. The van der Waals surface area contributed by atoms with Gasteiger partial charge in [-0.05, 0) is 35.0 Å². The average Bonchev–Trinajstić information content (AvgIpc) is 2.98. The van der Waals surface area contributed by atoms with E-state index in [4.69, 9.17) is 4.52 Å². The number of rotatable bonds is 5. The van der Waals surface area contributed by atoms with Gasteiger partial charge in [0.2, 0.25) is 5.91 Å². The molecule has 1 N–H and O–H groups in total. The fourth-order valence-electron chi connectivity index (χ4n) is 1.48. The highest BCUT2D eigenvalue weighted by molar-refractivity contribution is 9.11. The third-order valence-corrected chi connectivity index (χ3v) is 6.37. The molecule has 0 fully saturated rings. The Balaban J connectivity index is 2.03. The molecule has 114 valence electrons. The summed E-state index contributed by atoms with van der Waals surface area (Å²) in [6, 6.07) is 4.67. The molecule has 0 aliphatic carbocycles. The predicted molar refractivity (Wildman–Crippen MR) is 81.7 cm³/mol. The minimum atomic E-state index is -3.68. The first kappa shape index (κ1) is 16.1. The van der Waals surface area contributed by atoms with Crippen molar-refractivity contribution in [1.82, 2.24) is 9.46 Å². The first-order valence-corrected chi connectivity index (χ1v) is 8.79. The third kappa shape index (κ3) is 3.90. The van der Waals surface area contributed by atoms with Crippen LogP contribution in [0.15, 0.2) is 30.7 Å². The van der Waals surface area contributed by atoms with E-state index in [2.05, 4.69) is 26.4 Å². The lowest BCUT2D eigenvalue weighted by Crippen LogP contribution is -2.34. The van der Waals surface area contributed by atoms with Crippen molar-refractivity contribution in [3.63, 3.8) is 0 Å². The molecule has 0 aromatic carbocycles. The topological polar surface area (TPSA) is 92.5 Å². The summed E-state index contributed by atoms with van der Waals surface area (Å²) < 4.78 is 31.1. The number of halogens is 1. The standard InChI is InChI=1S/C11H12BrN3O4S2/c1-7-5-9(14-19-7)13-10(16)6-15(2)21(17,18)11-4-3-8(12)20-11/h3-5H,6H2,1-2H3,(H,13,14,16). The number of hydrogen-bond donors (Lipinski definition) is 1. The van der Waals surface area contributed by atoms with Crippen LogP contribution >= 0.6 is 27.3 Å². The fraction of sp³-hybridized carbons (Fsp3) is 0.273. The molecule has 0 radical (unpaired) electrons. The van der Waals surface area contributed by atoms with Gasteiger partial charge in [-0.15, -0.1) is 11.3 Å². The van der Waals surface area contributed by atoms with Crippen LogP contribution in [0.25, 0.3) is 0 Å². The molecule has 21 heavy (non-hydrogen) atoms. The normalized spacial score (nSPS) is 11.8. The minimum Gasteiger partial charge on any atom is -0.360 e.